The minimum Gasteiger partial charge on any atom is -0.444 e. The van der Waals surface area contributed by atoms with Crippen molar-refractivity contribution in [3.05, 3.63) is 0 Å². The summed E-state index contributed by atoms with van der Waals surface area (Å²) >= 11 is 0. The van der Waals surface area contributed by atoms with E-state index in [2.05, 4.69) is 20.9 Å². The van der Waals surface area contributed by atoms with Crippen LogP contribution in [-0.4, -0.2) is 84.8 Å². The third-order valence-electron chi connectivity index (χ3n) is 5.96. The van der Waals surface area contributed by atoms with Gasteiger partial charge in [0.05, 0.1) is 0 Å². The van der Waals surface area contributed by atoms with E-state index < -0.39 is 29.4 Å². The molecular formula is C30H59N7O6. The second kappa shape index (κ2) is 21.4. The summed E-state index contributed by atoms with van der Waals surface area (Å²) in [6, 6.07) is -0.626. The number of nitrogens with one attached hydrogen (secondary N) is 3. The van der Waals surface area contributed by atoms with Crippen LogP contribution >= 0.6 is 0 Å². The largest absolute Gasteiger partial charge is 0.444 e. The molecule has 0 aliphatic rings. The lowest BCUT2D eigenvalue weighted by Crippen LogP contribution is -2.45. The molecule has 0 aliphatic carbocycles. The molecule has 0 aromatic rings. The van der Waals surface area contributed by atoms with Crippen molar-refractivity contribution in [1.29, 1.82) is 0 Å². The fraction of sp³-hybridized carbons (Fsp3) is 0.833. The van der Waals surface area contributed by atoms with Gasteiger partial charge in [-0.25, -0.2) is 9.59 Å². The first-order valence-electron chi connectivity index (χ1n) is 15.6. The van der Waals surface area contributed by atoms with E-state index in [1.54, 1.807) is 32.6 Å². The number of carbonyl (C=O) groups is 4. The molecule has 13 nitrogen and oxygen atoms in total. The molecule has 7 N–H and O–H groups in total. The number of guanidine groups is 1. The van der Waals surface area contributed by atoms with Crippen molar-refractivity contribution in [3.63, 3.8) is 0 Å². The molecule has 43 heavy (non-hydrogen) atoms. The molecule has 0 spiro atoms. The van der Waals surface area contributed by atoms with Crippen LogP contribution in [0.1, 0.15) is 113 Å². The molecule has 0 unspecified atom stereocenters. The molecule has 0 fully saturated rings. The molecule has 0 saturated carbocycles. The number of amides is 4. The highest BCUT2D eigenvalue weighted by molar-refractivity contribution is 5.87. The Kier molecular flexibility index (Phi) is 19.8. The SMILES string of the molecule is C[C@H](NC(=O)CCCCCCCCN=C(N)N)C(=O)NCCCCN(CCCNC(=O)OC(C)(C)C)C(=O)OC(C)(C)C. The smallest absolute Gasteiger partial charge is 0.410 e. The summed E-state index contributed by atoms with van der Waals surface area (Å²) in [5.41, 5.74) is 9.38. The van der Waals surface area contributed by atoms with E-state index in [1.807, 2.05) is 20.8 Å². The Hall–Kier alpha value is -3.25. The number of nitrogens with two attached hydrogens (primary N) is 2. The second-order valence-electron chi connectivity index (χ2n) is 12.7. The first kappa shape index (κ1) is 39.8. The number of hydrogen-bond donors (Lipinski definition) is 5. The summed E-state index contributed by atoms with van der Waals surface area (Å²) in [4.78, 5) is 54.7. The average Bonchev–Trinajstić information content (AvgIpc) is 2.86. The van der Waals surface area contributed by atoms with Crippen molar-refractivity contribution >= 4 is 30.0 Å². The Morgan fingerprint density at radius 3 is 1.91 bits per heavy atom. The quantitative estimate of drug-likeness (QED) is 0.0782. The van der Waals surface area contributed by atoms with Crippen LogP contribution in [0.2, 0.25) is 0 Å². The number of nitrogens with zero attached hydrogens (tertiary/aromatic N) is 2. The average molecular weight is 614 g/mol. The van der Waals surface area contributed by atoms with Crippen LogP contribution in [0.15, 0.2) is 4.99 Å². The maximum atomic E-state index is 12.7. The predicted molar refractivity (Wildman–Crippen MR) is 170 cm³/mol. The van der Waals surface area contributed by atoms with E-state index in [0.29, 0.717) is 58.4 Å². The molecular weight excluding hydrogens is 554 g/mol. The van der Waals surface area contributed by atoms with E-state index in [-0.39, 0.29) is 17.8 Å². The van der Waals surface area contributed by atoms with Gasteiger partial charge in [-0.2, -0.15) is 0 Å². The van der Waals surface area contributed by atoms with Crippen molar-refractivity contribution in [2.24, 2.45) is 16.5 Å². The zero-order valence-electron chi connectivity index (χ0n) is 27.7. The lowest BCUT2D eigenvalue weighted by molar-refractivity contribution is -0.128. The van der Waals surface area contributed by atoms with Crippen LogP contribution < -0.4 is 27.4 Å². The van der Waals surface area contributed by atoms with Crippen LogP contribution in [0, 0.1) is 0 Å². The van der Waals surface area contributed by atoms with Gasteiger partial charge in [0.15, 0.2) is 5.96 Å². The Labute approximate surface area is 258 Å². The minimum absolute atomic E-state index is 0.121. The molecule has 0 aromatic heterocycles. The summed E-state index contributed by atoms with van der Waals surface area (Å²) in [6.45, 7) is 14.7. The van der Waals surface area contributed by atoms with Crippen molar-refractivity contribution < 1.29 is 28.7 Å². The molecule has 0 bridgehead atoms. The number of hydrogen-bond acceptors (Lipinski definition) is 7. The number of carbonyl (C=O) groups excluding carboxylic acids is 4. The molecule has 0 radical (unpaired) electrons. The zero-order chi connectivity index (χ0) is 32.9. The summed E-state index contributed by atoms with van der Waals surface area (Å²) in [5, 5.41) is 8.30. The predicted octanol–water partition coefficient (Wildman–Crippen LogP) is 3.54. The standard InChI is InChI=1S/C30H59N7O6/c1-23(36-24(38)17-12-10-8-9-11-13-19-34-26(31)32)25(39)33-18-14-15-21-37(28(41)43-30(5,6)7)22-16-20-35-27(40)42-29(2,3)4/h23H,8-22H2,1-7H3,(H,33,39)(H,35,40)(H,36,38)(H4,31,32,34)/t23-/m0/s1. The van der Waals surface area contributed by atoms with Gasteiger partial charge in [-0.05, 0) is 80.6 Å². The van der Waals surface area contributed by atoms with E-state index >= 15 is 0 Å². The first-order valence-corrected chi connectivity index (χ1v) is 15.6. The molecule has 0 heterocycles. The van der Waals surface area contributed by atoms with Gasteiger partial charge < -0.3 is 41.8 Å². The van der Waals surface area contributed by atoms with Crippen LogP contribution in [0.5, 0.6) is 0 Å². The van der Waals surface area contributed by atoms with Crippen LogP contribution in [0.25, 0.3) is 0 Å². The van der Waals surface area contributed by atoms with E-state index in [0.717, 1.165) is 38.5 Å². The van der Waals surface area contributed by atoms with Gasteiger partial charge in [0, 0.05) is 39.1 Å². The van der Waals surface area contributed by atoms with Crippen molar-refractivity contribution in [2.75, 3.05) is 32.7 Å². The van der Waals surface area contributed by atoms with Gasteiger partial charge >= 0.3 is 12.2 Å². The number of rotatable bonds is 20. The zero-order valence-corrected chi connectivity index (χ0v) is 27.7. The Morgan fingerprint density at radius 2 is 1.30 bits per heavy atom. The molecule has 0 rings (SSSR count). The van der Waals surface area contributed by atoms with Crippen LogP contribution in [0.3, 0.4) is 0 Å². The van der Waals surface area contributed by atoms with Gasteiger partial charge in [-0.3, -0.25) is 14.6 Å². The molecule has 13 heteroatoms. The molecule has 250 valence electrons. The molecule has 0 saturated heterocycles. The lowest BCUT2D eigenvalue weighted by atomic mass is 10.1. The highest BCUT2D eigenvalue weighted by Gasteiger charge is 2.22. The third kappa shape index (κ3) is 25.0. The fourth-order valence-corrected chi connectivity index (χ4v) is 3.88. The maximum absolute atomic E-state index is 12.7. The lowest BCUT2D eigenvalue weighted by Gasteiger charge is -2.27. The summed E-state index contributed by atoms with van der Waals surface area (Å²) in [5.74, 6) is -0.258. The maximum Gasteiger partial charge on any atom is 0.410 e. The van der Waals surface area contributed by atoms with E-state index in [9.17, 15) is 19.2 Å². The number of aliphatic imine (C=N–C) groups is 1. The van der Waals surface area contributed by atoms with Crippen molar-refractivity contribution in [3.8, 4) is 0 Å². The highest BCUT2D eigenvalue weighted by atomic mass is 16.6. The van der Waals surface area contributed by atoms with Gasteiger partial charge in [0.2, 0.25) is 11.8 Å². The first-order chi connectivity index (χ1) is 20.0. The molecule has 0 aromatic carbocycles. The topological polar surface area (TPSA) is 190 Å². The Morgan fingerprint density at radius 1 is 0.744 bits per heavy atom. The van der Waals surface area contributed by atoms with Gasteiger partial charge in [-0.15, -0.1) is 0 Å². The van der Waals surface area contributed by atoms with E-state index in [4.69, 9.17) is 20.9 Å². The van der Waals surface area contributed by atoms with Gasteiger partial charge in [0.25, 0.3) is 0 Å². The number of unbranched alkanes of at least 4 members (excludes halogenated alkanes) is 6. The fourth-order valence-electron chi connectivity index (χ4n) is 3.88. The Bertz CT molecular complexity index is 864. The normalized spacial score (nSPS) is 12.1. The highest BCUT2D eigenvalue weighted by Crippen LogP contribution is 2.12. The monoisotopic (exact) mass is 613 g/mol. The summed E-state index contributed by atoms with van der Waals surface area (Å²) in [7, 11) is 0. The minimum atomic E-state index is -0.630. The van der Waals surface area contributed by atoms with Gasteiger partial charge in [0.1, 0.15) is 17.2 Å². The third-order valence-corrected chi connectivity index (χ3v) is 5.96. The number of ether oxygens (including phenoxy) is 2. The molecule has 0 aliphatic heterocycles. The number of alkyl carbamates (subject to hydrolysis) is 1. The van der Waals surface area contributed by atoms with Crippen molar-refractivity contribution in [1.82, 2.24) is 20.9 Å². The van der Waals surface area contributed by atoms with Gasteiger partial charge in [-0.1, -0.05) is 25.7 Å². The van der Waals surface area contributed by atoms with Crippen molar-refractivity contribution in [2.45, 2.75) is 130 Å². The van der Waals surface area contributed by atoms with E-state index in [1.165, 1.54) is 0 Å². The second-order valence-corrected chi connectivity index (χ2v) is 12.7. The summed E-state index contributed by atoms with van der Waals surface area (Å²) < 4.78 is 10.8. The molecule has 4 amide bonds. The van der Waals surface area contributed by atoms with Crippen LogP contribution in [-0.2, 0) is 19.1 Å². The summed E-state index contributed by atoms with van der Waals surface area (Å²) in [6.07, 6.45) is 7.13. The molecule has 1 atom stereocenters. The van der Waals surface area contributed by atoms with Crippen LogP contribution in [0.4, 0.5) is 9.59 Å². The Balaban J connectivity index is 4.28.